The third-order valence-corrected chi connectivity index (χ3v) is 12.7. The second-order valence-electron chi connectivity index (χ2n) is 18.8. The molecule has 3 aliphatic heterocycles. The molecule has 11 aromatic rings. The van der Waals surface area contributed by atoms with Gasteiger partial charge in [-0.1, -0.05) is 138 Å². The zero-order valence-corrected chi connectivity index (χ0v) is 36.4. The highest BCUT2D eigenvalue weighted by Gasteiger charge is 2.46. The highest BCUT2D eigenvalue weighted by Crippen LogP contribution is 2.53. The van der Waals surface area contributed by atoms with Crippen molar-refractivity contribution in [2.75, 3.05) is 9.80 Å². The van der Waals surface area contributed by atoms with Crippen LogP contribution in [0.4, 0.5) is 34.1 Å². The summed E-state index contributed by atoms with van der Waals surface area (Å²) in [7, 11) is 0. The Morgan fingerprint density at radius 2 is 1.02 bits per heavy atom. The molecule has 316 valence electrons. The zero-order chi connectivity index (χ0) is 68.9. The van der Waals surface area contributed by atoms with Crippen LogP contribution in [0.15, 0.2) is 169 Å². The van der Waals surface area contributed by atoms with Crippen LogP contribution in [0.5, 0.6) is 0 Å². The molecule has 0 fully saturated rings. The van der Waals surface area contributed by atoms with Crippen molar-refractivity contribution in [2.24, 2.45) is 0 Å². The van der Waals surface area contributed by atoms with E-state index in [0.717, 1.165) is 14.0 Å². The highest BCUT2D eigenvalue weighted by atomic mass is 15.2. The Morgan fingerprint density at radius 3 is 1.76 bits per heavy atom. The van der Waals surface area contributed by atoms with Crippen molar-refractivity contribution >= 4 is 112 Å². The van der Waals surface area contributed by atoms with E-state index in [-0.39, 0.29) is 78.2 Å². The number of nitrogens with zero attached hydrogens (tertiary/aromatic N) is 4. The predicted octanol–water partition coefficient (Wildman–Crippen LogP) is 14.3. The minimum Gasteiger partial charge on any atom is -0.311 e. The van der Waals surface area contributed by atoms with Crippen molar-refractivity contribution in [3.05, 3.63) is 186 Å². The molecule has 9 aromatic carbocycles. The van der Waals surface area contributed by atoms with Crippen molar-refractivity contribution < 1.29 is 38.4 Å². The summed E-state index contributed by atoms with van der Waals surface area (Å²) in [6.45, 7) is 9.56. The number of hydrogen-bond donors (Lipinski definition) is 0. The minimum atomic E-state index is -1.95. The van der Waals surface area contributed by atoms with E-state index >= 15 is 0 Å². The van der Waals surface area contributed by atoms with Crippen LogP contribution in [0.2, 0.25) is 0 Å². The molecule has 14 rings (SSSR count). The van der Waals surface area contributed by atoms with Crippen LogP contribution in [0.3, 0.4) is 0 Å². The van der Waals surface area contributed by atoms with E-state index in [4.69, 9.17) is 5.48 Å². The number of aromatic nitrogens is 2. The van der Waals surface area contributed by atoms with E-state index in [9.17, 15) is 32.9 Å². The van der Waals surface area contributed by atoms with Crippen LogP contribution >= 0.6 is 0 Å². The lowest BCUT2D eigenvalue weighted by molar-refractivity contribution is 0.590. The molecule has 5 heterocycles. The van der Waals surface area contributed by atoms with Gasteiger partial charge >= 0.3 is 0 Å². The van der Waals surface area contributed by atoms with Gasteiger partial charge in [0.1, 0.15) is 0 Å². The first kappa shape index (κ1) is 19.5. The fraction of sp³-hybridized carbons (Fsp3) is 0.148. The van der Waals surface area contributed by atoms with Crippen molar-refractivity contribution in [3.8, 4) is 11.4 Å². The van der Waals surface area contributed by atoms with Gasteiger partial charge in [0.15, 0.2) is 0 Å². The molecule has 0 aliphatic carbocycles. The summed E-state index contributed by atoms with van der Waals surface area (Å²) < 4.78 is 274. The Labute approximate surface area is 425 Å². The maximum atomic E-state index is 11.0. The molecule has 3 aliphatic rings. The molecule has 0 radical (unpaired) electrons. The van der Waals surface area contributed by atoms with Crippen molar-refractivity contribution in [1.82, 2.24) is 9.13 Å². The fourth-order valence-electron chi connectivity index (χ4n) is 9.75. The zero-order valence-electron chi connectivity index (χ0n) is 64.4. The Hall–Kier alpha value is -7.50. The van der Waals surface area contributed by atoms with Gasteiger partial charge in [-0.2, -0.15) is 0 Å². The van der Waals surface area contributed by atoms with Gasteiger partial charge in [0.2, 0.25) is 0 Å². The summed E-state index contributed by atoms with van der Waals surface area (Å²) in [4.78, 5) is 2.12. The smallest absolute Gasteiger partial charge is 0.252 e. The molecular formula is C61H49BN4. The lowest BCUT2D eigenvalue weighted by Crippen LogP contribution is -2.61. The maximum absolute atomic E-state index is 11.0. The molecule has 0 saturated carbocycles. The second-order valence-corrected chi connectivity index (χ2v) is 18.8. The number of hydrogen-bond acceptors (Lipinski definition) is 2. The number of rotatable bonds is 2. The maximum Gasteiger partial charge on any atom is 0.252 e. The summed E-state index contributed by atoms with van der Waals surface area (Å²) in [5, 5.41) is -2.37. The lowest BCUT2D eigenvalue weighted by Gasteiger charge is -2.46. The fourth-order valence-corrected chi connectivity index (χ4v) is 9.75. The lowest BCUT2D eigenvalue weighted by atomic mass is 9.33. The first-order valence-corrected chi connectivity index (χ1v) is 21.3. The third-order valence-electron chi connectivity index (χ3n) is 12.7. The highest BCUT2D eigenvalue weighted by molar-refractivity contribution is 7.00. The van der Waals surface area contributed by atoms with Gasteiger partial charge in [0.25, 0.3) is 6.71 Å². The Bertz CT molecular complexity index is 5500. The molecule has 4 nitrogen and oxygen atoms in total. The number of benzene rings is 9. The molecule has 0 bridgehead atoms. The van der Waals surface area contributed by atoms with Crippen LogP contribution in [-0.4, -0.2) is 15.8 Å². The SMILES string of the molecule is [2H]c1c([2H])c2c3c(c1[2H])-n1c4c([2H])c([2H])c([2H])c([2H])c4c4c([2H])c([2H])c([2H])c(c41)N3c1c([2H])c(C)c([2H])c3c1B2c1c([2H])c([2H])c(-n2c4c([2H])c([2H])c(C(C)(C)C)c([2H])c4c4c([2H])c(C(C)(C)C)c([2H])c([2H])c42)c([2H])c1N3c1c([2H])c([2H])c([2H])c2c([2H])c([2H])c([2H])c([2H])c12. The molecular weight excluding hydrogens is 800 g/mol. The standard InChI is InChI=1S/C61H49BN4/c1-36-31-55-57-56(32-36)66-52-23-13-19-43-42-18-10-11-21-49(42)65(58(43)52)53-24-14-20-47(59(53)66)62(57)46-28-27-40(35-54(46)64(55)48-22-12-16-37-15-8-9-17-41(37)48)63-50-29-25-38(60(2,3)4)33-44(50)45-34-39(61(5,6)7)26-30-51(45)63/h8-35H,1-7H3/i8D,9D,10D,11D,12D,13D,14D,15D,16D,17D,18D,19D,20D,21D,22D,23D,24D,25D,26D,27D,28D,29D,30D,31D,32D,33D,34D,35D. The summed E-state index contributed by atoms with van der Waals surface area (Å²) in [6.07, 6.45) is 0. The second kappa shape index (κ2) is 12.9. The summed E-state index contributed by atoms with van der Waals surface area (Å²) in [6, 6.07) is -21.3. The minimum absolute atomic E-state index is 0.0294. The molecule has 0 atom stereocenters. The van der Waals surface area contributed by atoms with Gasteiger partial charge in [-0.3, -0.25) is 0 Å². The van der Waals surface area contributed by atoms with Crippen molar-refractivity contribution in [1.29, 1.82) is 0 Å². The van der Waals surface area contributed by atoms with E-state index in [2.05, 4.69) is 0 Å². The normalized spacial score (nSPS) is 19.8. The molecule has 0 N–H and O–H groups in total. The van der Waals surface area contributed by atoms with Gasteiger partial charge in [-0.15, -0.1) is 0 Å². The third kappa shape index (κ3) is 4.95. The number of fused-ring (bicyclic) bond motifs is 13. The summed E-state index contributed by atoms with van der Waals surface area (Å²) in [5.41, 5.74) is -9.46. The molecule has 66 heavy (non-hydrogen) atoms. The predicted molar refractivity (Wildman–Crippen MR) is 282 cm³/mol. The average Bonchev–Trinajstić information content (AvgIpc) is 1.11. The van der Waals surface area contributed by atoms with Crippen LogP contribution in [0, 0.1) is 6.92 Å². The first-order valence-electron chi connectivity index (χ1n) is 35.3. The van der Waals surface area contributed by atoms with Crippen LogP contribution in [0.1, 0.15) is 96.6 Å². The van der Waals surface area contributed by atoms with E-state index in [0.29, 0.717) is 0 Å². The van der Waals surface area contributed by atoms with E-state index < -0.39 is 242 Å². The molecule has 5 heteroatoms. The van der Waals surface area contributed by atoms with Crippen molar-refractivity contribution in [2.45, 2.75) is 59.3 Å². The largest absolute Gasteiger partial charge is 0.311 e. The monoisotopic (exact) mass is 877 g/mol. The molecule has 2 aromatic heterocycles. The Kier molecular flexibility index (Phi) is 3.81. The summed E-state index contributed by atoms with van der Waals surface area (Å²) >= 11 is 0. The van der Waals surface area contributed by atoms with E-state index in [1.54, 1.807) is 41.5 Å². The van der Waals surface area contributed by atoms with Gasteiger partial charge in [0.05, 0.1) is 83.2 Å². The molecule has 0 unspecified atom stereocenters. The summed E-state index contributed by atoms with van der Waals surface area (Å²) in [5.74, 6) is 0. The van der Waals surface area contributed by atoms with Gasteiger partial charge in [0, 0.05) is 49.7 Å². The van der Waals surface area contributed by atoms with Gasteiger partial charge in [-0.25, -0.2) is 0 Å². The topological polar surface area (TPSA) is 16.3 Å². The number of para-hydroxylation sites is 3. The van der Waals surface area contributed by atoms with Crippen LogP contribution in [0.25, 0.3) is 65.8 Å². The average molecular weight is 877 g/mol. The van der Waals surface area contributed by atoms with Crippen LogP contribution < -0.4 is 26.2 Å². The quantitative estimate of drug-likeness (QED) is 0.161. The molecule has 0 amide bonds. The molecule has 0 spiro atoms. The first-order chi connectivity index (χ1) is 43.7. The van der Waals surface area contributed by atoms with Gasteiger partial charge in [-0.05, 0) is 129 Å². The molecule has 0 saturated heterocycles. The van der Waals surface area contributed by atoms with Crippen molar-refractivity contribution in [3.63, 3.8) is 0 Å². The Morgan fingerprint density at radius 1 is 0.424 bits per heavy atom. The van der Waals surface area contributed by atoms with Gasteiger partial charge < -0.3 is 18.9 Å². The van der Waals surface area contributed by atoms with E-state index in [1.165, 1.54) is 11.8 Å². The van der Waals surface area contributed by atoms with E-state index in [1.807, 2.05) is 0 Å². The van der Waals surface area contributed by atoms with Crippen LogP contribution in [-0.2, 0) is 10.8 Å². The number of anilines is 6. The Balaban J connectivity index is 1.29.